The van der Waals surface area contributed by atoms with E-state index in [2.05, 4.69) is 6.58 Å². The van der Waals surface area contributed by atoms with Gasteiger partial charge in [0.25, 0.3) is 5.91 Å². The molecule has 1 fully saturated rings. The Morgan fingerprint density at radius 3 is 2.27 bits per heavy atom. The quantitative estimate of drug-likeness (QED) is 0.844. The van der Waals surface area contributed by atoms with Gasteiger partial charge in [0.15, 0.2) is 0 Å². The fourth-order valence-electron chi connectivity index (χ4n) is 3.00. The zero-order valence-corrected chi connectivity index (χ0v) is 14.9. The van der Waals surface area contributed by atoms with E-state index in [4.69, 9.17) is 11.6 Å². The molecule has 1 aliphatic rings. The largest absolute Gasteiger partial charge is 0.507 e. The van der Waals surface area contributed by atoms with Crippen molar-refractivity contribution in [2.45, 2.75) is 0 Å². The normalized spacial score (nSPS) is 14.2. The van der Waals surface area contributed by atoms with Crippen LogP contribution in [0.4, 0.5) is 0 Å². The number of aromatic hydroxyl groups is 1. The van der Waals surface area contributed by atoms with Crippen molar-refractivity contribution in [3.63, 3.8) is 0 Å². The van der Waals surface area contributed by atoms with Gasteiger partial charge in [0, 0.05) is 36.8 Å². The minimum Gasteiger partial charge on any atom is -0.507 e. The van der Waals surface area contributed by atoms with Crippen LogP contribution in [0, 0.1) is 0 Å². The Bertz CT molecular complexity index is 844. The molecular formula is C20H19ClN2O3. The van der Waals surface area contributed by atoms with Gasteiger partial charge in [-0.2, -0.15) is 0 Å². The molecule has 0 unspecified atom stereocenters. The highest BCUT2D eigenvalue weighted by molar-refractivity contribution is 6.33. The molecule has 134 valence electrons. The third-order valence-corrected chi connectivity index (χ3v) is 4.77. The molecule has 0 spiro atoms. The summed E-state index contributed by atoms with van der Waals surface area (Å²) in [7, 11) is 0. The van der Waals surface area contributed by atoms with E-state index in [1.807, 2.05) is 30.3 Å². The number of hydrogen-bond acceptors (Lipinski definition) is 3. The van der Waals surface area contributed by atoms with Crippen molar-refractivity contribution in [1.82, 2.24) is 9.80 Å². The summed E-state index contributed by atoms with van der Waals surface area (Å²) >= 11 is 6.36. The summed E-state index contributed by atoms with van der Waals surface area (Å²) in [6.45, 7) is 5.15. The van der Waals surface area contributed by atoms with E-state index in [0.717, 1.165) is 5.56 Å². The van der Waals surface area contributed by atoms with Gasteiger partial charge in [-0.05, 0) is 23.8 Å². The van der Waals surface area contributed by atoms with Gasteiger partial charge in [-0.3, -0.25) is 9.59 Å². The van der Waals surface area contributed by atoms with Crippen molar-refractivity contribution in [3.05, 3.63) is 65.7 Å². The van der Waals surface area contributed by atoms with E-state index in [9.17, 15) is 14.7 Å². The average Bonchev–Trinajstić information content (AvgIpc) is 2.69. The maximum absolute atomic E-state index is 12.8. The number of piperazine rings is 1. The first-order valence-electron chi connectivity index (χ1n) is 8.30. The van der Waals surface area contributed by atoms with Gasteiger partial charge < -0.3 is 14.9 Å². The highest BCUT2D eigenvalue weighted by atomic mass is 35.5. The number of phenols is 1. The van der Waals surface area contributed by atoms with Crippen LogP contribution in [0.1, 0.15) is 10.4 Å². The number of carbonyl (C=O) groups excluding carboxylic acids is 2. The smallest absolute Gasteiger partial charge is 0.257 e. The van der Waals surface area contributed by atoms with Crippen LogP contribution in [0.3, 0.4) is 0 Å². The van der Waals surface area contributed by atoms with Crippen LogP contribution in [-0.4, -0.2) is 52.9 Å². The molecule has 3 rings (SSSR count). The molecule has 1 aliphatic heterocycles. The predicted molar refractivity (Wildman–Crippen MR) is 101 cm³/mol. The zero-order valence-electron chi connectivity index (χ0n) is 14.2. The van der Waals surface area contributed by atoms with Crippen LogP contribution in [0.5, 0.6) is 5.75 Å². The van der Waals surface area contributed by atoms with Gasteiger partial charge in [0.2, 0.25) is 5.91 Å². The second kappa shape index (κ2) is 7.62. The lowest BCUT2D eigenvalue weighted by Crippen LogP contribution is -2.50. The summed E-state index contributed by atoms with van der Waals surface area (Å²) < 4.78 is 0. The van der Waals surface area contributed by atoms with Crippen LogP contribution >= 0.6 is 11.6 Å². The number of nitrogens with zero attached hydrogens (tertiary/aromatic N) is 2. The Kier molecular flexibility index (Phi) is 5.28. The number of benzene rings is 2. The molecule has 0 atom stereocenters. The van der Waals surface area contributed by atoms with Gasteiger partial charge in [-0.1, -0.05) is 48.5 Å². The van der Waals surface area contributed by atoms with Gasteiger partial charge in [0.05, 0.1) is 5.56 Å². The lowest BCUT2D eigenvalue weighted by molar-refractivity contribution is -0.127. The van der Waals surface area contributed by atoms with Crippen molar-refractivity contribution in [3.8, 4) is 16.9 Å². The Labute approximate surface area is 157 Å². The van der Waals surface area contributed by atoms with Crippen LogP contribution in [0.2, 0.25) is 5.02 Å². The maximum Gasteiger partial charge on any atom is 0.257 e. The summed E-state index contributed by atoms with van der Waals surface area (Å²) in [5.74, 6) is -0.548. The first-order valence-corrected chi connectivity index (χ1v) is 8.67. The third-order valence-electron chi connectivity index (χ3n) is 4.45. The Hall–Kier alpha value is -2.79. The molecule has 5 nitrogen and oxygen atoms in total. The standard InChI is InChI=1S/C20H19ClN2O3/c1-2-19(25)22-8-10-23(11-9-22)20(26)16-12-17(21)15(13-18(16)24)14-6-4-3-5-7-14/h2-7,12-13,24H,1,8-11H2. The molecule has 2 aromatic rings. The number of phenolic OH excluding ortho intramolecular Hbond substituents is 1. The lowest BCUT2D eigenvalue weighted by Gasteiger charge is -2.34. The van der Waals surface area contributed by atoms with Gasteiger partial charge >= 0.3 is 0 Å². The van der Waals surface area contributed by atoms with E-state index in [0.29, 0.717) is 36.8 Å². The topological polar surface area (TPSA) is 60.9 Å². The third kappa shape index (κ3) is 3.58. The average molecular weight is 371 g/mol. The second-order valence-corrected chi connectivity index (χ2v) is 6.44. The molecule has 1 heterocycles. The van der Waals surface area contributed by atoms with Crippen LogP contribution in [-0.2, 0) is 4.79 Å². The molecule has 0 radical (unpaired) electrons. The van der Waals surface area contributed by atoms with Crippen molar-refractivity contribution in [2.75, 3.05) is 26.2 Å². The molecule has 6 heteroatoms. The first kappa shape index (κ1) is 18.0. The first-order chi connectivity index (χ1) is 12.5. The van der Waals surface area contributed by atoms with Gasteiger partial charge in [-0.15, -0.1) is 0 Å². The maximum atomic E-state index is 12.8. The molecule has 0 aromatic heterocycles. The van der Waals surface area contributed by atoms with Crippen LogP contribution < -0.4 is 0 Å². The summed E-state index contributed by atoms with van der Waals surface area (Å²) in [5, 5.41) is 10.8. The minimum atomic E-state index is -0.297. The fourth-order valence-corrected chi connectivity index (χ4v) is 3.27. The predicted octanol–water partition coefficient (Wildman–Crippen LogP) is 3.18. The van der Waals surface area contributed by atoms with E-state index < -0.39 is 0 Å². The molecular weight excluding hydrogens is 352 g/mol. The monoisotopic (exact) mass is 370 g/mol. The molecule has 2 amide bonds. The summed E-state index contributed by atoms with van der Waals surface area (Å²) in [5.41, 5.74) is 1.70. The molecule has 1 saturated heterocycles. The highest BCUT2D eigenvalue weighted by Gasteiger charge is 2.26. The second-order valence-electron chi connectivity index (χ2n) is 6.04. The number of amides is 2. The lowest BCUT2D eigenvalue weighted by atomic mass is 10.0. The molecule has 1 N–H and O–H groups in total. The minimum absolute atomic E-state index is 0.108. The van der Waals surface area contributed by atoms with Crippen molar-refractivity contribution in [1.29, 1.82) is 0 Å². The number of rotatable bonds is 3. The zero-order chi connectivity index (χ0) is 18.7. The highest BCUT2D eigenvalue weighted by Crippen LogP contribution is 2.34. The van der Waals surface area contributed by atoms with E-state index >= 15 is 0 Å². The summed E-state index contributed by atoms with van der Waals surface area (Å²) in [4.78, 5) is 27.6. The van der Waals surface area contributed by atoms with Crippen LogP contribution in [0.25, 0.3) is 11.1 Å². The number of halogens is 1. The Morgan fingerprint density at radius 1 is 1.04 bits per heavy atom. The Morgan fingerprint density at radius 2 is 1.65 bits per heavy atom. The van der Waals surface area contributed by atoms with E-state index in [1.54, 1.807) is 9.80 Å². The Balaban J connectivity index is 1.80. The fraction of sp³-hybridized carbons (Fsp3) is 0.200. The molecule has 0 aliphatic carbocycles. The van der Waals surface area contributed by atoms with Gasteiger partial charge in [0.1, 0.15) is 5.75 Å². The van der Waals surface area contributed by atoms with E-state index in [-0.39, 0.29) is 23.1 Å². The SMILES string of the molecule is C=CC(=O)N1CCN(C(=O)c2cc(Cl)c(-c3ccccc3)cc2O)CC1. The molecule has 2 aromatic carbocycles. The van der Waals surface area contributed by atoms with Crippen molar-refractivity contribution >= 4 is 23.4 Å². The van der Waals surface area contributed by atoms with E-state index in [1.165, 1.54) is 18.2 Å². The molecule has 0 bridgehead atoms. The summed E-state index contributed by atoms with van der Waals surface area (Å²) in [6, 6.07) is 12.4. The molecule has 26 heavy (non-hydrogen) atoms. The van der Waals surface area contributed by atoms with Crippen molar-refractivity contribution in [2.24, 2.45) is 0 Å². The summed E-state index contributed by atoms with van der Waals surface area (Å²) in [6.07, 6.45) is 1.27. The van der Waals surface area contributed by atoms with Gasteiger partial charge in [-0.25, -0.2) is 0 Å². The molecule has 0 saturated carbocycles. The van der Waals surface area contributed by atoms with Crippen LogP contribution in [0.15, 0.2) is 55.1 Å². The number of carbonyl (C=O) groups is 2. The van der Waals surface area contributed by atoms with Crippen molar-refractivity contribution < 1.29 is 14.7 Å². The number of hydrogen-bond donors (Lipinski definition) is 1.